The lowest BCUT2D eigenvalue weighted by Gasteiger charge is -2.08. The first-order valence-electron chi connectivity index (χ1n) is 7.27. The summed E-state index contributed by atoms with van der Waals surface area (Å²) in [6.45, 7) is 4.06. The predicted octanol–water partition coefficient (Wildman–Crippen LogP) is 3.48. The van der Waals surface area contributed by atoms with Crippen molar-refractivity contribution in [1.82, 2.24) is 20.2 Å². The highest BCUT2D eigenvalue weighted by Crippen LogP contribution is 2.25. The van der Waals surface area contributed by atoms with Crippen LogP contribution in [-0.4, -0.2) is 25.1 Å². The number of benzene rings is 2. The number of tetrazole rings is 1. The Bertz CT molecular complexity index is 876. The maximum Gasteiger partial charge on any atom is 0.269 e. The van der Waals surface area contributed by atoms with Crippen LogP contribution in [0.4, 0.5) is 5.69 Å². The van der Waals surface area contributed by atoms with E-state index >= 15 is 0 Å². The first-order valence-corrected chi connectivity index (χ1v) is 8.25. The van der Waals surface area contributed by atoms with Gasteiger partial charge in [-0.15, -0.1) is 5.10 Å². The zero-order valence-electron chi connectivity index (χ0n) is 13.2. The first kappa shape index (κ1) is 16.1. The van der Waals surface area contributed by atoms with Crippen molar-refractivity contribution in [1.29, 1.82) is 0 Å². The fourth-order valence-corrected chi connectivity index (χ4v) is 3.16. The molecule has 0 aliphatic carbocycles. The van der Waals surface area contributed by atoms with Crippen molar-refractivity contribution in [3.63, 3.8) is 0 Å². The summed E-state index contributed by atoms with van der Waals surface area (Å²) in [6.07, 6.45) is 0. The number of nitrogens with zero attached hydrogens (tertiary/aromatic N) is 5. The minimum Gasteiger partial charge on any atom is -0.258 e. The van der Waals surface area contributed by atoms with E-state index in [1.165, 1.54) is 29.5 Å². The molecule has 0 bridgehead atoms. The molecule has 122 valence electrons. The average Bonchev–Trinajstić information content (AvgIpc) is 3.01. The van der Waals surface area contributed by atoms with Crippen molar-refractivity contribution >= 4 is 17.4 Å². The Morgan fingerprint density at radius 2 is 1.92 bits per heavy atom. The largest absolute Gasteiger partial charge is 0.269 e. The van der Waals surface area contributed by atoms with Crippen LogP contribution < -0.4 is 0 Å². The van der Waals surface area contributed by atoms with Crippen molar-refractivity contribution in [2.75, 3.05) is 0 Å². The molecule has 8 heteroatoms. The highest BCUT2D eigenvalue weighted by molar-refractivity contribution is 7.98. The van der Waals surface area contributed by atoms with E-state index in [9.17, 15) is 10.1 Å². The SMILES string of the molecule is Cc1ccc(-n2nnnc2SCc2ccc([N+](=O)[O-])cc2)c(C)c1. The Morgan fingerprint density at radius 1 is 1.17 bits per heavy atom. The van der Waals surface area contributed by atoms with Gasteiger partial charge in [0.05, 0.1) is 10.6 Å². The molecular formula is C16H15N5O2S. The molecular weight excluding hydrogens is 326 g/mol. The number of hydrogen-bond donors (Lipinski definition) is 0. The number of nitro groups is 1. The molecule has 3 rings (SSSR count). The maximum atomic E-state index is 10.7. The molecule has 2 aromatic carbocycles. The molecule has 0 spiro atoms. The molecule has 1 heterocycles. The molecule has 0 atom stereocenters. The standard InChI is InChI=1S/C16H15N5O2S/c1-11-3-8-15(12(2)9-11)20-16(17-18-19-20)24-10-13-4-6-14(7-5-13)21(22)23/h3-9H,10H2,1-2H3. The summed E-state index contributed by atoms with van der Waals surface area (Å²) >= 11 is 1.49. The second-order valence-corrected chi connectivity index (χ2v) is 6.32. The number of non-ortho nitro benzene ring substituents is 1. The predicted molar refractivity (Wildman–Crippen MR) is 91.3 cm³/mol. The highest BCUT2D eigenvalue weighted by atomic mass is 32.2. The number of nitro benzene ring substituents is 1. The van der Waals surface area contributed by atoms with Gasteiger partial charge >= 0.3 is 0 Å². The van der Waals surface area contributed by atoms with Crippen LogP contribution in [0, 0.1) is 24.0 Å². The fraction of sp³-hybridized carbons (Fsp3) is 0.188. The number of aromatic nitrogens is 4. The Balaban J connectivity index is 1.77. The third-order valence-electron chi connectivity index (χ3n) is 3.54. The third-order valence-corrected chi connectivity index (χ3v) is 4.53. The zero-order chi connectivity index (χ0) is 17.1. The summed E-state index contributed by atoms with van der Waals surface area (Å²) in [4.78, 5) is 10.3. The van der Waals surface area contributed by atoms with Gasteiger partial charge in [-0.05, 0) is 41.5 Å². The van der Waals surface area contributed by atoms with Crippen molar-refractivity contribution < 1.29 is 4.92 Å². The third kappa shape index (κ3) is 3.43. The molecule has 0 aliphatic rings. The maximum absolute atomic E-state index is 10.7. The second kappa shape index (κ2) is 6.79. The van der Waals surface area contributed by atoms with Gasteiger partial charge in [0.2, 0.25) is 5.16 Å². The average molecular weight is 341 g/mol. The summed E-state index contributed by atoms with van der Waals surface area (Å²) in [7, 11) is 0. The first-order chi connectivity index (χ1) is 11.5. The Kier molecular flexibility index (Phi) is 4.57. The summed E-state index contributed by atoms with van der Waals surface area (Å²) in [6, 6.07) is 12.6. The molecule has 3 aromatic rings. The molecule has 0 unspecified atom stereocenters. The van der Waals surface area contributed by atoms with Gasteiger partial charge in [-0.2, -0.15) is 4.68 Å². The zero-order valence-corrected chi connectivity index (χ0v) is 14.0. The molecule has 7 nitrogen and oxygen atoms in total. The Labute approximate surface area is 142 Å². The summed E-state index contributed by atoms with van der Waals surface area (Å²) < 4.78 is 1.71. The monoisotopic (exact) mass is 341 g/mol. The lowest BCUT2D eigenvalue weighted by Crippen LogP contribution is -2.01. The van der Waals surface area contributed by atoms with Crippen LogP contribution in [0.5, 0.6) is 0 Å². The van der Waals surface area contributed by atoms with E-state index in [0.29, 0.717) is 10.9 Å². The molecule has 0 saturated heterocycles. The van der Waals surface area contributed by atoms with Crippen molar-refractivity contribution in [2.24, 2.45) is 0 Å². The topological polar surface area (TPSA) is 86.7 Å². The van der Waals surface area contributed by atoms with Gasteiger partial charge in [-0.1, -0.05) is 41.6 Å². The smallest absolute Gasteiger partial charge is 0.258 e. The number of hydrogen-bond acceptors (Lipinski definition) is 6. The van der Waals surface area contributed by atoms with Gasteiger partial charge in [0, 0.05) is 17.9 Å². The van der Waals surface area contributed by atoms with Crippen molar-refractivity contribution in [2.45, 2.75) is 24.8 Å². The van der Waals surface area contributed by atoms with Crippen LogP contribution in [0.3, 0.4) is 0 Å². The van der Waals surface area contributed by atoms with E-state index in [0.717, 1.165) is 16.8 Å². The molecule has 1 aromatic heterocycles. The van der Waals surface area contributed by atoms with E-state index in [1.807, 2.05) is 26.0 Å². The van der Waals surface area contributed by atoms with E-state index in [-0.39, 0.29) is 5.69 Å². The molecule has 24 heavy (non-hydrogen) atoms. The number of rotatable bonds is 5. The van der Waals surface area contributed by atoms with Crippen LogP contribution in [0.1, 0.15) is 16.7 Å². The lowest BCUT2D eigenvalue weighted by atomic mass is 10.1. The van der Waals surface area contributed by atoms with Crippen molar-refractivity contribution in [3.05, 3.63) is 69.3 Å². The molecule has 0 N–H and O–H groups in total. The van der Waals surface area contributed by atoms with Gasteiger partial charge in [0.1, 0.15) is 0 Å². The van der Waals surface area contributed by atoms with Crippen LogP contribution in [0.25, 0.3) is 5.69 Å². The normalized spacial score (nSPS) is 10.8. The van der Waals surface area contributed by atoms with Gasteiger partial charge in [0.15, 0.2) is 0 Å². The van der Waals surface area contributed by atoms with Crippen LogP contribution in [0.15, 0.2) is 47.6 Å². The minimum atomic E-state index is -0.405. The van der Waals surface area contributed by atoms with E-state index in [1.54, 1.807) is 16.8 Å². The van der Waals surface area contributed by atoms with Crippen molar-refractivity contribution in [3.8, 4) is 5.69 Å². The Morgan fingerprint density at radius 3 is 2.58 bits per heavy atom. The Hall–Kier alpha value is -2.74. The molecule has 0 fully saturated rings. The van der Waals surface area contributed by atoms with Crippen LogP contribution in [-0.2, 0) is 5.75 Å². The molecule has 0 aliphatic heterocycles. The van der Waals surface area contributed by atoms with Gasteiger partial charge in [-0.25, -0.2) is 0 Å². The van der Waals surface area contributed by atoms with Gasteiger partial charge in [-0.3, -0.25) is 10.1 Å². The van der Waals surface area contributed by atoms with Gasteiger partial charge in [0.25, 0.3) is 5.69 Å². The van der Waals surface area contributed by atoms with Crippen LogP contribution in [0.2, 0.25) is 0 Å². The molecule has 0 saturated carbocycles. The fourth-order valence-electron chi connectivity index (χ4n) is 2.32. The van der Waals surface area contributed by atoms with E-state index in [2.05, 4.69) is 21.6 Å². The highest BCUT2D eigenvalue weighted by Gasteiger charge is 2.12. The lowest BCUT2D eigenvalue weighted by molar-refractivity contribution is -0.384. The molecule has 0 radical (unpaired) electrons. The summed E-state index contributed by atoms with van der Waals surface area (Å²) in [5.41, 5.74) is 4.28. The number of thioether (sulfide) groups is 1. The quantitative estimate of drug-likeness (QED) is 0.401. The van der Waals surface area contributed by atoms with E-state index in [4.69, 9.17) is 0 Å². The van der Waals surface area contributed by atoms with Crippen LogP contribution >= 0.6 is 11.8 Å². The summed E-state index contributed by atoms with van der Waals surface area (Å²) in [5, 5.41) is 23.3. The summed E-state index contributed by atoms with van der Waals surface area (Å²) in [5.74, 6) is 0.628. The van der Waals surface area contributed by atoms with Gasteiger partial charge < -0.3 is 0 Å². The molecule has 0 amide bonds. The van der Waals surface area contributed by atoms with E-state index < -0.39 is 4.92 Å². The minimum absolute atomic E-state index is 0.0869. The second-order valence-electron chi connectivity index (χ2n) is 5.38. The number of aryl methyl sites for hydroxylation is 2.